The first-order valence-corrected chi connectivity index (χ1v) is 8.05. The zero-order valence-electron chi connectivity index (χ0n) is 13.7. The topological polar surface area (TPSA) is 63.2 Å². The van der Waals surface area contributed by atoms with Gasteiger partial charge in [0.05, 0.1) is 13.2 Å². The van der Waals surface area contributed by atoms with Crippen LogP contribution < -0.4 is 5.32 Å². The van der Waals surface area contributed by atoms with Gasteiger partial charge in [0.15, 0.2) is 11.6 Å². The minimum absolute atomic E-state index is 0.657. The maximum Gasteiger partial charge on any atom is 0.183 e. The molecule has 2 heterocycles. The summed E-state index contributed by atoms with van der Waals surface area (Å²) in [6.07, 6.45) is 0. The number of anilines is 1. The van der Waals surface area contributed by atoms with Crippen LogP contribution in [-0.4, -0.2) is 59.5 Å². The normalized spacial score (nSPS) is 15.6. The summed E-state index contributed by atoms with van der Waals surface area (Å²) in [5.74, 6) is 1.47. The molecule has 1 aromatic carbocycles. The molecule has 0 aliphatic carbocycles. The number of nitrogens with zero attached hydrogens (tertiary/aromatic N) is 4. The number of hydrogen-bond donors (Lipinski definition) is 1. The van der Waals surface area contributed by atoms with Gasteiger partial charge in [-0.2, -0.15) is 0 Å². The predicted octanol–water partition coefficient (Wildman–Crippen LogP) is 1.90. The van der Waals surface area contributed by atoms with Crippen molar-refractivity contribution in [1.29, 1.82) is 0 Å². The van der Waals surface area contributed by atoms with Crippen molar-refractivity contribution in [3.8, 4) is 11.4 Å². The average molecular weight is 313 g/mol. The zero-order valence-corrected chi connectivity index (χ0v) is 13.7. The van der Waals surface area contributed by atoms with E-state index in [0.717, 1.165) is 56.5 Å². The first-order valence-electron chi connectivity index (χ1n) is 8.05. The van der Waals surface area contributed by atoms with Crippen LogP contribution in [0, 0.1) is 13.8 Å². The molecule has 0 radical (unpaired) electrons. The molecule has 1 aliphatic heterocycles. The van der Waals surface area contributed by atoms with Gasteiger partial charge in [0.1, 0.15) is 5.69 Å². The van der Waals surface area contributed by atoms with Gasteiger partial charge >= 0.3 is 0 Å². The second-order valence-electron chi connectivity index (χ2n) is 5.82. The summed E-state index contributed by atoms with van der Waals surface area (Å²) in [7, 11) is 0. The lowest BCUT2D eigenvalue weighted by molar-refractivity contribution is 0.0398. The Kier molecular flexibility index (Phi) is 5.15. The molecule has 0 spiro atoms. The molecular formula is C17H23N5O. The summed E-state index contributed by atoms with van der Waals surface area (Å²) in [6.45, 7) is 9.46. The van der Waals surface area contributed by atoms with Crippen molar-refractivity contribution < 1.29 is 4.74 Å². The molecule has 3 rings (SSSR count). The molecule has 2 aromatic rings. The lowest BCUT2D eigenvalue weighted by atomic mass is 10.1. The van der Waals surface area contributed by atoms with Crippen LogP contribution in [0.5, 0.6) is 0 Å². The molecule has 23 heavy (non-hydrogen) atoms. The van der Waals surface area contributed by atoms with Gasteiger partial charge < -0.3 is 10.1 Å². The summed E-state index contributed by atoms with van der Waals surface area (Å²) in [6, 6.07) is 8.17. The molecule has 122 valence electrons. The van der Waals surface area contributed by atoms with E-state index in [4.69, 9.17) is 4.74 Å². The van der Waals surface area contributed by atoms with Gasteiger partial charge in [-0.05, 0) is 13.8 Å². The third-order valence-electron chi connectivity index (χ3n) is 3.99. The quantitative estimate of drug-likeness (QED) is 0.909. The summed E-state index contributed by atoms with van der Waals surface area (Å²) >= 11 is 0. The van der Waals surface area contributed by atoms with Crippen molar-refractivity contribution in [1.82, 2.24) is 20.1 Å². The lowest BCUT2D eigenvalue weighted by Gasteiger charge is -2.26. The van der Waals surface area contributed by atoms with Gasteiger partial charge in [0, 0.05) is 31.7 Å². The molecule has 0 saturated carbocycles. The van der Waals surface area contributed by atoms with Crippen molar-refractivity contribution >= 4 is 5.82 Å². The Labute approximate surface area is 136 Å². The van der Waals surface area contributed by atoms with E-state index in [1.165, 1.54) is 5.56 Å². The van der Waals surface area contributed by atoms with Crippen LogP contribution >= 0.6 is 0 Å². The van der Waals surface area contributed by atoms with Gasteiger partial charge in [-0.15, -0.1) is 10.2 Å². The van der Waals surface area contributed by atoms with Gasteiger partial charge in [-0.25, -0.2) is 4.98 Å². The number of benzene rings is 1. The SMILES string of the molecule is Cc1ccc(-c2nnc(C)c(NCCN3CCOCC3)n2)cc1. The summed E-state index contributed by atoms with van der Waals surface area (Å²) in [4.78, 5) is 7.02. The van der Waals surface area contributed by atoms with E-state index in [1.54, 1.807) is 0 Å². The highest BCUT2D eigenvalue weighted by molar-refractivity contribution is 5.57. The van der Waals surface area contributed by atoms with Gasteiger partial charge in [0.25, 0.3) is 0 Å². The Balaban J connectivity index is 1.64. The second kappa shape index (κ2) is 7.48. The Morgan fingerprint density at radius 1 is 1.09 bits per heavy atom. The summed E-state index contributed by atoms with van der Waals surface area (Å²) in [5, 5.41) is 11.8. The third-order valence-corrected chi connectivity index (χ3v) is 3.99. The van der Waals surface area contributed by atoms with Gasteiger partial charge in [-0.1, -0.05) is 29.8 Å². The van der Waals surface area contributed by atoms with Crippen molar-refractivity contribution in [3.63, 3.8) is 0 Å². The fraction of sp³-hybridized carbons (Fsp3) is 0.471. The van der Waals surface area contributed by atoms with E-state index in [1.807, 2.05) is 19.1 Å². The van der Waals surface area contributed by atoms with Crippen LogP contribution in [0.1, 0.15) is 11.3 Å². The first kappa shape index (κ1) is 15.8. The van der Waals surface area contributed by atoms with Crippen LogP contribution in [0.4, 0.5) is 5.82 Å². The highest BCUT2D eigenvalue weighted by Crippen LogP contribution is 2.17. The fourth-order valence-electron chi connectivity index (χ4n) is 2.53. The first-order chi connectivity index (χ1) is 11.2. The Morgan fingerprint density at radius 3 is 2.57 bits per heavy atom. The zero-order chi connectivity index (χ0) is 16.1. The largest absolute Gasteiger partial charge is 0.379 e. The van der Waals surface area contributed by atoms with Crippen molar-refractivity contribution in [2.75, 3.05) is 44.7 Å². The van der Waals surface area contributed by atoms with Crippen molar-refractivity contribution in [2.45, 2.75) is 13.8 Å². The number of ether oxygens (including phenoxy) is 1. The van der Waals surface area contributed by atoms with Crippen molar-refractivity contribution in [3.05, 3.63) is 35.5 Å². The minimum Gasteiger partial charge on any atom is -0.379 e. The highest BCUT2D eigenvalue weighted by Gasteiger charge is 2.11. The molecule has 6 nitrogen and oxygen atoms in total. The molecule has 0 amide bonds. The number of aromatic nitrogens is 3. The number of hydrogen-bond acceptors (Lipinski definition) is 6. The second-order valence-corrected chi connectivity index (χ2v) is 5.82. The molecule has 1 aliphatic rings. The number of nitrogens with one attached hydrogen (secondary N) is 1. The molecule has 1 fully saturated rings. The fourth-order valence-corrected chi connectivity index (χ4v) is 2.53. The maximum atomic E-state index is 5.36. The monoisotopic (exact) mass is 313 g/mol. The minimum atomic E-state index is 0.657. The van der Waals surface area contributed by atoms with Gasteiger partial charge in [-0.3, -0.25) is 4.90 Å². The molecule has 1 aromatic heterocycles. The Morgan fingerprint density at radius 2 is 1.83 bits per heavy atom. The molecule has 0 unspecified atom stereocenters. The Bertz CT molecular complexity index is 638. The summed E-state index contributed by atoms with van der Waals surface area (Å²) in [5.41, 5.74) is 3.03. The molecule has 6 heteroatoms. The van der Waals surface area contributed by atoms with E-state index in [-0.39, 0.29) is 0 Å². The van der Waals surface area contributed by atoms with Crippen LogP contribution in [0.25, 0.3) is 11.4 Å². The highest BCUT2D eigenvalue weighted by atomic mass is 16.5. The predicted molar refractivity (Wildman–Crippen MR) is 90.5 cm³/mol. The van der Waals surface area contributed by atoms with Crippen LogP contribution in [-0.2, 0) is 4.74 Å². The maximum absolute atomic E-state index is 5.36. The summed E-state index contributed by atoms with van der Waals surface area (Å²) < 4.78 is 5.36. The molecule has 1 saturated heterocycles. The van der Waals surface area contributed by atoms with Crippen LogP contribution in [0.15, 0.2) is 24.3 Å². The number of rotatable bonds is 5. The third kappa shape index (κ3) is 4.24. The van der Waals surface area contributed by atoms with Crippen molar-refractivity contribution in [2.24, 2.45) is 0 Å². The van der Waals surface area contributed by atoms with Crippen LogP contribution in [0.2, 0.25) is 0 Å². The van der Waals surface area contributed by atoms with Crippen LogP contribution in [0.3, 0.4) is 0 Å². The molecule has 0 atom stereocenters. The number of aryl methyl sites for hydroxylation is 2. The van der Waals surface area contributed by atoms with E-state index >= 15 is 0 Å². The van der Waals surface area contributed by atoms with E-state index in [9.17, 15) is 0 Å². The average Bonchev–Trinajstić information content (AvgIpc) is 2.58. The standard InChI is InChI=1S/C17H23N5O/c1-13-3-5-15(6-4-13)17-19-16(14(2)20-21-17)18-7-8-22-9-11-23-12-10-22/h3-6H,7-12H2,1-2H3,(H,18,19,21). The van der Waals surface area contributed by atoms with Gasteiger partial charge in [0.2, 0.25) is 0 Å². The molecule has 0 bridgehead atoms. The van der Waals surface area contributed by atoms with E-state index in [2.05, 4.69) is 44.5 Å². The number of morpholine rings is 1. The van der Waals surface area contributed by atoms with E-state index in [0.29, 0.717) is 5.82 Å². The van der Waals surface area contributed by atoms with E-state index < -0.39 is 0 Å². The lowest BCUT2D eigenvalue weighted by Crippen LogP contribution is -2.39. The smallest absolute Gasteiger partial charge is 0.183 e. The molecule has 1 N–H and O–H groups in total. The Hall–Kier alpha value is -2.05. The molecular weight excluding hydrogens is 290 g/mol.